The van der Waals surface area contributed by atoms with Crippen molar-refractivity contribution < 1.29 is 9.47 Å². The van der Waals surface area contributed by atoms with E-state index in [4.69, 9.17) is 9.47 Å². The number of ether oxygens (including phenoxy) is 2. The van der Waals surface area contributed by atoms with Gasteiger partial charge in [0.2, 0.25) is 0 Å². The Morgan fingerprint density at radius 1 is 1.00 bits per heavy atom. The minimum Gasteiger partial charge on any atom is -0.490 e. The van der Waals surface area contributed by atoms with Gasteiger partial charge in [-0.25, -0.2) is 0 Å². The lowest BCUT2D eigenvalue weighted by molar-refractivity contribution is 0.280. The molecule has 0 amide bonds. The predicted molar refractivity (Wildman–Crippen MR) is 67.2 cm³/mol. The van der Waals surface area contributed by atoms with Crippen LogP contribution < -0.4 is 9.47 Å². The molecule has 88 valence electrons. The predicted octanol–water partition coefficient (Wildman–Crippen LogP) is 3.82. The van der Waals surface area contributed by atoms with E-state index in [1.807, 2.05) is 31.2 Å². The molecule has 0 radical (unpaired) electrons. The van der Waals surface area contributed by atoms with Crippen molar-refractivity contribution in [1.82, 2.24) is 0 Å². The zero-order valence-electron chi connectivity index (χ0n) is 10.1. The fourth-order valence-corrected chi connectivity index (χ4v) is 1.37. The molecule has 2 heteroatoms. The first-order valence-corrected chi connectivity index (χ1v) is 5.88. The standard InChI is InChI=1S/C14H20O2/c1-3-5-6-9-12-16-14-11-8-7-10-13(14)15-4-2/h5-8,10-11H,3-4,9,12H2,1-2H3/b6-5-. The summed E-state index contributed by atoms with van der Waals surface area (Å²) in [6.45, 7) is 5.46. The third-order valence-electron chi connectivity index (χ3n) is 2.09. The molecule has 1 aromatic carbocycles. The molecule has 16 heavy (non-hydrogen) atoms. The number of benzene rings is 1. The number of rotatable bonds is 7. The SMILES string of the molecule is CC/C=C\CCOc1ccccc1OCC. The molecule has 1 rings (SSSR count). The first-order valence-electron chi connectivity index (χ1n) is 5.88. The molecule has 0 heterocycles. The quantitative estimate of drug-likeness (QED) is 0.513. The van der Waals surface area contributed by atoms with Gasteiger partial charge in [0.25, 0.3) is 0 Å². The van der Waals surface area contributed by atoms with Crippen LogP contribution in [0.4, 0.5) is 0 Å². The molecule has 0 saturated carbocycles. The molecule has 0 saturated heterocycles. The molecule has 0 aliphatic carbocycles. The van der Waals surface area contributed by atoms with E-state index in [1.54, 1.807) is 0 Å². The Hall–Kier alpha value is -1.44. The Kier molecular flexibility index (Phi) is 6.16. The first kappa shape index (κ1) is 12.6. The minimum absolute atomic E-state index is 0.663. The fourth-order valence-electron chi connectivity index (χ4n) is 1.37. The number of hydrogen-bond acceptors (Lipinski definition) is 2. The molecule has 0 unspecified atom stereocenters. The molecule has 0 aliphatic heterocycles. The molecule has 0 aliphatic rings. The van der Waals surface area contributed by atoms with E-state index in [9.17, 15) is 0 Å². The van der Waals surface area contributed by atoms with Crippen LogP contribution in [0.5, 0.6) is 11.5 Å². The van der Waals surface area contributed by atoms with Crippen LogP contribution in [0.2, 0.25) is 0 Å². The maximum atomic E-state index is 5.66. The number of allylic oxidation sites excluding steroid dienone is 1. The van der Waals surface area contributed by atoms with Crippen LogP contribution in [0.25, 0.3) is 0 Å². The highest BCUT2D eigenvalue weighted by Gasteiger charge is 2.01. The van der Waals surface area contributed by atoms with Crippen molar-refractivity contribution in [3.05, 3.63) is 36.4 Å². The molecular formula is C14H20O2. The molecule has 0 N–H and O–H groups in total. The first-order chi connectivity index (χ1) is 7.88. The summed E-state index contributed by atoms with van der Waals surface area (Å²) in [5, 5.41) is 0. The molecule has 2 nitrogen and oxygen atoms in total. The van der Waals surface area contributed by atoms with Crippen LogP contribution in [-0.4, -0.2) is 13.2 Å². The zero-order chi connectivity index (χ0) is 11.6. The molecular weight excluding hydrogens is 200 g/mol. The van der Waals surface area contributed by atoms with Crippen LogP contribution in [0.3, 0.4) is 0 Å². The molecule has 1 aromatic rings. The smallest absolute Gasteiger partial charge is 0.161 e. The summed E-state index contributed by atoms with van der Waals surface area (Å²) in [5.74, 6) is 1.65. The van der Waals surface area contributed by atoms with Gasteiger partial charge in [0.15, 0.2) is 11.5 Å². The van der Waals surface area contributed by atoms with Crippen LogP contribution in [-0.2, 0) is 0 Å². The summed E-state index contributed by atoms with van der Waals surface area (Å²) in [5.41, 5.74) is 0. The zero-order valence-corrected chi connectivity index (χ0v) is 10.1. The highest BCUT2D eigenvalue weighted by molar-refractivity contribution is 5.39. The normalized spacial score (nSPS) is 10.6. The van der Waals surface area contributed by atoms with Crippen molar-refractivity contribution in [1.29, 1.82) is 0 Å². The van der Waals surface area contributed by atoms with Crippen molar-refractivity contribution in [3.8, 4) is 11.5 Å². The van der Waals surface area contributed by atoms with Gasteiger partial charge in [-0.1, -0.05) is 31.2 Å². The molecule has 0 bridgehead atoms. The average molecular weight is 220 g/mol. The number of hydrogen-bond donors (Lipinski definition) is 0. The van der Waals surface area contributed by atoms with Gasteiger partial charge in [0.1, 0.15) is 0 Å². The van der Waals surface area contributed by atoms with E-state index >= 15 is 0 Å². The second kappa shape index (κ2) is 7.80. The second-order valence-electron chi connectivity index (χ2n) is 3.40. The van der Waals surface area contributed by atoms with Gasteiger partial charge < -0.3 is 9.47 Å². The van der Waals surface area contributed by atoms with Crippen molar-refractivity contribution in [2.24, 2.45) is 0 Å². The van der Waals surface area contributed by atoms with Crippen LogP contribution >= 0.6 is 0 Å². The Bertz CT molecular complexity index is 318. The minimum atomic E-state index is 0.663. The highest BCUT2D eigenvalue weighted by atomic mass is 16.5. The van der Waals surface area contributed by atoms with E-state index in [-0.39, 0.29) is 0 Å². The average Bonchev–Trinajstić information content (AvgIpc) is 2.31. The number of para-hydroxylation sites is 2. The van der Waals surface area contributed by atoms with Gasteiger partial charge in [-0.05, 0) is 31.9 Å². The van der Waals surface area contributed by atoms with Gasteiger partial charge in [-0.3, -0.25) is 0 Å². The maximum Gasteiger partial charge on any atom is 0.161 e. The van der Waals surface area contributed by atoms with Gasteiger partial charge in [0, 0.05) is 0 Å². The van der Waals surface area contributed by atoms with E-state index in [0.29, 0.717) is 13.2 Å². The highest BCUT2D eigenvalue weighted by Crippen LogP contribution is 2.26. The third-order valence-corrected chi connectivity index (χ3v) is 2.09. The lowest BCUT2D eigenvalue weighted by Gasteiger charge is -2.10. The topological polar surface area (TPSA) is 18.5 Å². The summed E-state index contributed by atoms with van der Waals surface area (Å²) in [6, 6.07) is 7.78. The van der Waals surface area contributed by atoms with E-state index in [2.05, 4.69) is 19.1 Å². The van der Waals surface area contributed by atoms with Gasteiger partial charge >= 0.3 is 0 Å². The summed E-state index contributed by atoms with van der Waals surface area (Å²) in [4.78, 5) is 0. The molecule has 0 aromatic heterocycles. The van der Waals surface area contributed by atoms with Crippen LogP contribution in [0, 0.1) is 0 Å². The van der Waals surface area contributed by atoms with Crippen molar-refractivity contribution >= 4 is 0 Å². The van der Waals surface area contributed by atoms with Crippen molar-refractivity contribution in [2.75, 3.05) is 13.2 Å². The van der Waals surface area contributed by atoms with E-state index in [1.165, 1.54) is 0 Å². The fraction of sp³-hybridized carbons (Fsp3) is 0.429. The van der Waals surface area contributed by atoms with Gasteiger partial charge in [0.05, 0.1) is 13.2 Å². The second-order valence-corrected chi connectivity index (χ2v) is 3.40. The van der Waals surface area contributed by atoms with Crippen molar-refractivity contribution in [3.63, 3.8) is 0 Å². The summed E-state index contributed by atoms with van der Waals surface area (Å²) >= 11 is 0. The van der Waals surface area contributed by atoms with Crippen molar-refractivity contribution in [2.45, 2.75) is 26.7 Å². The maximum absolute atomic E-state index is 5.66. The molecule has 0 fully saturated rings. The largest absolute Gasteiger partial charge is 0.490 e. The molecule has 0 atom stereocenters. The van der Waals surface area contributed by atoms with Crippen LogP contribution in [0.15, 0.2) is 36.4 Å². The van der Waals surface area contributed by atoms with Crippen LogP contribution in [0.1, 0.15) is 26.7 Å². The summed E-state index contributed by atoms with van der Waals surface area (Å²) in [6.07, 6.45) is 6.31. The summed E-state index contributed by atoms with van der Waals surface area (Å²) < 4.78 is 11.1. The monoisotopic (exact) mass is 220 g/mol. The summed E-state index contributed by atoms with van der Waals surface area (Å²) in [7, 11) is 0. The van der Waals surface area contributed by atoms with Gasteiger partial charge in [-0.15, -0.1) is 0 Å². The van der Waals surface area contributed by atoms with Gasteiger partial charge in [-0.2, -0.15) is 0 Å². The lowest BCUT2D eigenvalue weighted by Crippen LogP contribution is -1.99. The lowest BCUT2D eigenvalue weighted by atomic mass is 10.3. The Labute approximate surface area is 97.9 Å². The molecule has 0 spiro atoms. The van der Waals surface area contributed by atoms with E-state index < -0.39 is 0 Å². The Balaban J connectivity index is 2.43. The van der Waals surface area contributed by atoms with E-state index in [0.717, 1.165) is 24.3 Å². The Morgan fingerprint density at radius 3 is 2.31 bits per heavy atom. The third kappa shape index (κ3) is 4.39. The Morgan fingerprint density at radius 2 is 1.69 bits per heavy atom.